The van der Waals surface area contributed by atoms with Crippen LogP contribution < -0.4 is 4.74 Å². The zero-order chi connectivity index (χ0) is 15.5. The lowest BCUT2D eigenvalue weighted by molar-refractivity contribution is 0.131. The maximum Gasteiger partial charge on any atom is 0.123 e. The molecule has 0 aliphatic carbocycles. The third-order valence-electron chi connectivity index (χ3n) is 3.33. The maximum atomic E-state index is 12.9. The lowest BCUT2D eigenvalue weighted by Gasteiger charge is -2.21. The first kappa shape index (κ1) is 15.6. The van der Waals surface area contributed by atoms with Gasteiger partial charge in [0, 0.05) is 0 Å². The van der Waals surface area contributed by atoms with Crippen molar-refractivity contribution in [2.45, 2.75) is 45.6 Å². The van der Waals surface area contributed by atoms with Crippen molar-refractivity contribution in [3.05, 3.63) is 65.5 Å². The number of rotatable bonds is 4. The highest BCUT2D eigenvalue weighted by Crippen LogP contribution is 2.23. The Kier molecular flexibility index (Phi) is 4.66. The number of hydrogen-bond acceptors (Lipinski definition) is 1. The van der Waals surface area contributed by atoms with E-state index in [1.165, 1.54) is 17.7 Å². The van der Waals surface area contributed by atoms with Crippen LogP contribution in [0.15, 0.2) is 48.5 Å². The second-order valence-corrected chi connectivity index (χ2v) is 6.52. The van der Waals surface area contributed by atoms with Crippen LogP contribution in [0.4, 0.5) is 4.39 Å². The molecule has 1 nitrogen and oxygen atoms in total. The Morgan fingerprint density at radius 1 is 0.952 bits per heavy atom. The molecule has 2 heteroatoms. The maximum absolute atomic E-state index is 12.9. The number of benzene rings is 2. The second-order valence-electron chi connectivity index (χ2n) is 6.52. The molecule has 0 heterocycles. The van der Waals surface area contributed by atoms with Crippen molar-refractivity contribution in [2.75, 3.05) is 0 Å². The highest BCUT2D eigenvalue weighted by Gasteiger charge is 2.12. The first-order chi connectivity index (χ1) is 9.83. The molecule has 1 unspecified atom stereocenters. The van der Waals surface area contributed by atoms with E-state index < -0.39 is 0 Å². The molecule has 0 fully saturated rings. The van der Waals surface area contributed by atoms with E-state index in [0.717, 1.165) is 17.7 Å². The molecule has 0 aliphatic heterocycles. The minimum Gasteiger partial charge on any atom is -0.488 e. The van der Waals surface area contributed by atoms with Crippen LogP contribution >= 0.6 is 0 Å². The summed E-state index contributed by atoms with van der Waals surface area (Å²) in [4.78, 5) is 0. The molecule has 2 aromatic rings. The standard InChI is InChI=1S/C19H23FO/c1-14(16-7-9-17(20)10-8-16)13-15-5-11-18(12-6-15)21-19(2,3)4/h5-12,14H,13H2,1-4H3. The van der Waals surface area contributed by atoms with Crippen LogP contribution in [0.5, 0.6) is 5.75 Å². The minimum absolute atomic E-state index is 0.178. The molecule has 112 valence electrons. The molecule has 0 amide bonds. The molecule has 2 aromatic carbocycles. The fourth-order valence-electron chi connectivity index (χ4n) is 2.31. The fraction of sp³-hybridized carbons (Fsp3) is 0.368. The second kappa shape index (κ2) is 6.30. The molecule has 0 saturated carbocycles. The van der Waals surface area contributed by atoms with Crippen molar-refractivity contribution in [1.82, 2.24) is 0 Å². The van der Waals surface area contributed by atoms with E-state index in [2.05, 4.69) is 19.1 Å². The molecule has 1 atom stereocenters. The third-order valence-corrected chi connectivity index (χ3v) is 3.33. The Morgan fingerprint density at radius 2 is 1.52 bits per heavy atom. The van der Waals surface area contributed by atoms with E-state index in [1.807, 2.05) is 45.0 Å². The van der Waals surface area contributed by atoms with E-state index in [0.29, 0.717) is 5.92 Å². The summed E-state index contributed by atoms with van der Waals surface area (Å²) in [6.45, 7) is 8.28. The number of halogens is 1. The fourth-order valence-corrected chi connectivity index (χ4v) is 2.31. The van der Waals surface area contributed by atoms with Crippen LogP contribution in [0.1, 0.15) is 44.7 Å². The molecule has 0 saturated heterocycles. The van der Waals surface area contributed by atoms with Crippen molar-refractivity contribution >= 4 is 0 Å². The summed E-state index contributed by atoms with van der Waals surface area (Å²) in [5.41, 5.74) is 2.24. The van der Waals surface area contributed by atoms with Gasteiger partial charge in [0.2, 0.25) is 0 Å². The van der Waals surface area contributed by atoms with Gasteiger partial charge in [-0.3, -0.25) is 0 Å². The Morgan fingerprint density at radius 3 is 2.05 bits per heavy atom. The van der Waals surface area contributed by atoms with Crippen LogP contribution in [0.2, 0.25) is 0 Å². The molecule has 0 aliphatic rings. The van der Waals surface area contributed by atoms with E-state index in [-0.39, 0.29) is 11.4 Å². The SMILES string of the molecule is CC(Cc1ccc(OC(C)(C)C)cc1)c1ccc(F)cc1. The number of hydrogen-bond donors (Lipinski definition) is 0. The summed E-state index contributed by atoms with van der Waals surface area (Å²) >= 11 is 0. The minimum atomic E-state index is -0.186. The topological polar surface area (TPSA) is 9.23 Å². The van der Waals surface area contributed by atoms with Crippen LogP contribution in [-0.2, 0) is 6.42 Å². The first-order valence-corrected chi connectivity index (χ1v) is 7.37. The Bertz CT molecular complexity index is 564. The highest BCUT2D eigenvalue weighted by molar-refractivity contribution is 5.30. The van der Waals surface area contributed by atoms with Crippen molar-refractivity contribution < 1.29 is 9.13 Å². The van der Waals surface area contributed by atoms with Crippen LogP contribution in [0, 0.1) is 5.82 Å². The van der Waals surface area contributed by atoms with Gasteiger partial charge in [-0.15, -0.1) is 0 Å². The van der Waals surface area contributed by atoms with Crippen molar-refractivity contribution in [1.29, 1.82) is 0 Å². The van der Waals surface area contributed by atoms with Gasteiger partial charge < -0.3 is 4.74 Å². The zero-order valence-electron chi connectivity index (χ0n) is 13.2. The average Bonchev–Trinajstić information content (AvgIpc) is 2.40. The van der Waals surface area contributed by atoms with E-state index in [9.17, 15) is 4.39 Å². The van der Waals surface area contributed by atoms with Crippen LogP contribution in [-0.4, -0.2) is 5.60 Å². The molecule has 0 aromatic heterocycles. The summed E-state index contributed by atoms with van der Waals surface area (Å²) in [6, 6.07) is 15.0. The summed E-state index contributed by atoms with van der Waals surface area (Å²) in [7, 11) is 0. The van der Waals surface area contributed by atoms with E-state index in [4.69, 9.17) is 4.74 Å². The lowest BCUT2D eigenvalue weighted by atomic mass is 9.94. The van der Waals surface area contributed by atoms with Gasteiger partial charge in [0.25, 0.3) is 0 Å². The van der Waals surface area contributed by atoms with Gasteiger partial charge in [0.1, 0.15) is 17.2 Å². The van der Waals surface area contributed by atoms with Crippen molar-refractivity contribution in [3.8, 4) is 5.75 Å². The summed E-state index contributed by atoms with van der Waals surface area (Å²) in [5.74, 6) is 1.07. The van der Waals surface area contributed by atoms with Gasteiger partial charge in [-0.25, -0.2) is 4.39 Å². The van der Waals surface area contributed by atoms with Gasteiger partial charge in [0.05, 0.1) is 0 Å². The smallest absolute Gasteiger partial charge is 0.123 e. The largest absolute Gasteiger partial charge is 0.488 e. The van der Waals surface area contributed by atoms with Crippen LogP contribution in [0.3, 0.4) is 0 Å². The van der Waals surface area contributed by atoms with Gasteiger partial charge in [-0.05, 0) is 68.5 Å². The zero-order valence-corrected chi connectivity index (χ0v) is 13.2. The predicted molar refractivity (Wildman–Crippen MR) is 85.3 cm³/mol. The molecular formula is C19H23FO. The molecule has 21 heavy (non-hydrogen) atoms. The Balaban J connectivity index is 2.01. The van der Waals surface area contributed by atoms with Crippen LogP contribution in [0.25, 0.3) is 0 Å². The molecule has 0 spiro atoms. The summed E-state index contributed by atoms with van der Waals surface area (Å²) < 4.78 is 18.8. The van der Waals surface area contributed by atoms with Gasteiger partial charge in [-0.2, -0.15) is 0 Å². The molecule has 0 bridgehead atoms. The van der Waals surface area contributed by atoms with Gasteiger partial charge in [0.15, 0.2) is 0 Å². The normalized spacial score (nSPS) is 13.0. The Labute approximate surface area is 126 Å². The van der Waals surface area contributed by atoms with Crippen molar-refractivity contribution in [2.24, 2.45) is 0 Å². The molecule has 0 radical (unpaired) electrons. The van der Waals surface area contributed by atoms with E-state index >= 15 is 0 Å². The molecule has 2 rings (SSSR count). The van der Waals surface area contributed by atoms with E-state index in [1.54, 1.807) is 0 Å². The van der Waals surface area contributed by atoms with Gasteiger partial charge in [-0.1, -0.05) is 31.2 Å². The summed E-state index contributed by atoms with van der Waals surface area (Å²) in [6.07, 6.45) is 0.932. The third kappa shape index (κ3) is 4.89. The van der Waals surface area contributed by atoms with Gasteiger partial charge >= 0.3 is 0 Å². The van der Waals surface area contributed by atoms with Crippen molar-refractivity contribution in [3.63, 3.8) is 0 Å². The quantitative estimate of drug-likeness (QED) is 0.736. The predicted octanol–water partition coefficient (Wildman–Crippen LogP) is 5.35. The average molecular weight is 286 g/mol. The summed E-state index contributed by atoms with van der Waals surface area (Å²) in [5, 5.41) is 0. The monoisotopic (exact) mass is 286 g/mol. The first-order valence-electron chi connectivity index (χ1n) is 7.37. The molecule has 0 N–H and O–H groups in total. The molecular weight excluding hydrogens is 263 g/mol. The lowest BCUT2D eigenvalue weighted by Crippen LogP contribution is -2.22. The Hall–Kier alpha value is -1.83. The number of ether oxygens (including phenoxy) is 1. The highest BCUT2D eigenvalue weighted by atomic mass is 19.1.